The second-order valence-electron chi connectivity index (χ2n) is 5.22. The van der Waals surface area contributed by atoms with Crippen molar-refractivity contribution < 1.29 is 23.7 Å². The van der Waals surface area contributed by atoms with Gasteiger partial charge in [0.1, 0.15) is 0 Å². The van der Waals surface area contributed by atoms with Gasteiger partial charge >= 0.3 is 0 Å². The molecule has 0 heterocycles. The lowest BCUT2D eigenvalue weighted by Crippen LogP contribution is -1.97. The molecule has 0 aliphatic carbocycles. The van der Waals surface area contributed by atoms with Crippen molar-refractivity contribution in [3.8, 4) is 28.7 Å². The van der Waals surface area contributed by atoms with Crippen LogP contribution in [0.25, 0.3) is 0 Å². The van der Waals surface area contributed by atoms with Gasteiger partial charge in [-0.2, -0.15) is 11.8 Å². The fraction of sp³-hybridized carbons (Fsp3) is 0.368. The second-order valence-corrected chi connectivity index (χ2v) is 6.20. The van der Waals surface area contributed by atoms with Crippen molar-refractivity contribution in [3.63, 3.8) is 0 Å². The van der Waals surface area contributed by atoms with E-state index in [0.717, 1.165) is 28.6 Å². The predicted octanol–water partition coefficient (Wildman–Crippen LogP) is 4.16. The Morgan fingerprint density at radius 2 is 1.12 bits per heavy atom. The van der Waals surface area contributed by atoms with E-state index < -0.39 is 0 Å². The Hall–Kier alpha value is -2.21. The minimum atomic E-state index is 0.610. The lowest BCUT2D eigenvalue weighted by molar-refractivity contribution is 0.324. The summed E-state index contributed by atoms with van der Waals surface area (Å²) in [7, 11) is 8.13. The third-order valence-corrected chi connectivity index (χ3v) is 4.78. The van der Waals surface area contributed by atoms with Gasteiger partial charge in [0, 0.05) is 11.5 Å². The zero-order valence-corrected chi connectivity index (χ0v) is 16.1. The highest BCUT2D eigenvalue weighted by atomic mass is 32.2. The monoisotopic (exact) mass is 364 g/mol. The molecule has 0 atom stereocenters. The molecule has 0 N–H and O–H groups in total. The summed E-state index contributed by atoms with van der Waals surface area (Å²) in [6, 6.07) is 9.92. The highest BCUT2D eigenvalue weighted by Crippen LogP contribution is 2.39. The number of ether oxygens (including phenoxy) is 5. The molecular weight excluding hydrogens is 340 g/mol. The lowest BCUT2D eigenvalue weighted by atomic mass is 10.2. The van der Waals surface area contributed by atoms with Crippen molar-refractivity contribution in [1.29, 1.82) is 0 Å². The molecule has 0 aromatic heterocycles. The molecule has 2 aromatic rings. The van der Waals surface area contributed by atoms with Gasteiger partial charge in [-0.05, 0) is 35.4 Å². The molecule has 0 aliphatic rings. The van der Waals surface area contributed by atoms with Crippen LogP contribution in [-0.4, -0.2) is 35.5 Å². The maximum Gasteiger partial charge on any atom is 0.203 e. The lowest BCUT2D eigenvalue weighted by Gasteiger charge is -2.14. The minimum Gasteiger partial charge on any atom is -0.493 e. The fourth-order valence-corrected chi connectivity index (χ4v) is 3.40. The van der Waals surface area contributed by atoms with Crippen molar-refractivity contribution in [2.24, 2.45) is 0 Å². The van der Waals surface area contributed by atoms with Gasteiger partial charge in [0.2, 0.25) is 5.75 Å². The zero-order valence-electron chi connectivity index (χ0n) is 15.3. The summed E-state index contributed by atoms with van der Waals surface area (Å²) in [6.07, 6.45) is 0. The Morgan fingerprint density at radius 3 is 1.64 bits per heavy atom. The van der Waals surface area contributed by atoms with Crippen LogP contribution in [0.2, 0.25) is 0 Å². The van der Waals surface area contributed by atoms with Gasteiger partial charge in [-0.3, -0.25) is 0 Å². The molecule has 0 saturated carbocycles. The summed E-state index contributed by atoms with van der Waals surface area (Å²) in [5, 5.41) is 0. The second kappa shape index (κ2) is 9.32. The number of benzene rings is 2. The first kappa shape index (κ1) is 19.1. The molecule has 2 aromatic carbocycles. The number of hydrogen-bond donors (Lipinski definition) is 0. The van der Waals surface area contributed by atoms with Gasteiger partial charge in [-0.25, -0.2) is 0 Å². The molecule has 25 heavy (non-hydrogen) atoms. The molecule has 5 nitrogen and oxygen atoms in total. The average Bonchev–Trinajstić information content (AvgIpc) is 2.66. The van der Waals surface area contributed by atoms with E-state index in [2.05, 4.69) is 0 Å². The molecule has 0 unspecified atom stereocenters. The number of thioether (sulfide) groups is 1. The van der Waals surface area contributed by atoms with Crippen LogP contribution in [0.1, 0.15) is 11.1 Å². The maximum atomic E-state index is 5.40. The van der Waals surface area contributed by atoms with E-state index >= 15 is 0 Å². The number of rotatable bonds is 9. The number of methoxy groups -OCH3 is 5. The van der Waals surface area contributed by atoms with Crippen LogP contribution in [0.15, 0.2) is 30.3 Å². The predicted molar refractivity (Wildman–Crippen MR) is 101 cm³/mol. The summed E-state index contributed by atoms with van der Waals surface area (Å²) < 4.78 is 26.8. The average molecular weight is 364 g/mol. The summed E-state index contributed by atoms with van der Waals surface area (Å²) in [5.74, 6) is 5.11. The summed E-state index contributed by atoms with van der Waals surface area (Å²) in [4.78, 5) is 0. The summed E-state index contributed by atoms with van der Waals surface area (Å²) in [5.41, 5.74) is 2.29. The van der Waals surface area contributed by atoms with Crippen molar-refractivity contribution in [1.82, 2.24) is 0 Å². The van der Waals surface area contributed by atoms with Crippen LogP contribution in [0.3, 0.4) is 0 Å². The van der Waals surface area contributed by atoms with Crippen molar-refractivity contribution >= 4 is 11.8 Å². The molecule has 0 amide bonds. The Kier molecular flexibility index (Phi) is 7.13. The summed E-state index contributed by atoms with van der Waals surface area (Å²) in [6.45, 7) is 0. The van der Waals surface area contributed by atoms with Crippen LogP contribution in [0.4, 0.5) is 0 Å². The smallest absolute Gasteiger partial charge is 0.203 e. The van der Waals surface area contributed by atoms with Crippen LogP contribution < -0.4 is 23.7 Å². The van der Waals surface area contributed by atoms with Gasteiger partial charge in [0.05, 0.1) is 35.5 Å². The molecule has 136 valence electrons. The van der Waals surface area contributed by atoms with Gasteiger partial charge in [-0.15, -0.1) is 0 Å². The third-order valence-electron chi connectivity index (χ3n) is 3.71. The van der Waals surface area contributed by atoms with E-state index in [1.54, 1.807) is 47.3 Å². The Bertz CT molecular complexity index is 677. The fourth-order valence-electron chi connectivity index (χ4n) is 2.48. The van der Waals surface area contributed by atoms with Crippen LogP contribution in [0.5, 0.6) is 28.7 Å². The zero-order chi connectivity index (χ0) is 18.2. The van der Waals surface area contributed by atoms with E-state index in [9.17, 15) is 0 Å². The van der Waals surface area contributed by atoms with Gasteiger partial charge in [0.25, 0.3) is 0 Å². The first-order valence-corrected chi connectivity index (χ1v) is 8.89. The SMILES string of the molecule is COc1ccc(CSCc2cc(OC)c(OC)c(OC)c2)cc1OC. The van der Waals surface area contributed by atoms with E-state index in [1.165, 1.54) is 5.56 Å². The first-order valence-electron chi connectivity index (χ1n) is 7.74. The molecule has 0 fully saturated rings. The molecule has 0 radical (unpaired) electrons. The molecule has 0 saturated heterocycles. The number of hydrogen-bond acceptors (Lipinski definition) is 6. The highest BCUT2D eigenvalue weighted by molar-refractivity contribution is 7.97. The third kappa shape index (κ3) is 4.66. The highest BCUT2D eigenvalue weighted by Gasteiger charge is 2.13. The topological polar surface area (TPSA) is 46.2 Å². The minimum absolute atomic E-state index is 0.610. The molecule has 0 bridgehead atoms. The van der Waals surface area contributed by atoms with Crippen LogP contribution in [-0.2, 0) is 11.5 Å². The molecule has 0 spiro atoms. The molecule has 0 aliphatic heterocycles. The summed E-state index contributed by atoms with van der Waals surface area (Å²) >= 11 is 1.80. The Labute approximate surface area is 153 Å². The van der Waals surface area contributed by atoms with Gasteiger partial charge < -0.3 is 23.7 Å². The van der Waals surface area contributed by atoms with Crippen LogP contribution >= 0.6 is 11.8 Å². The van der Waals surface area contributed by atoms with E-state index in [1.807, 2.05) is 30.3 Å². The largest absolute Gasteiger partial charge is 0.493 e. The van der Waals surface area contributed by atoms with Crippen molar-refractivity contribution in [2.45, 2.75) is 11.5 Å². The van der Waals surface area contributed by atoms with E-state index in [0.29, 0.717) is 17.2 Å². The van der Waals surface area contributed by atoms with E-state index in [4.69, 9.17) is 23.7 Å². The maximum absolute atomic E-state index is 5.40. The van der Waals surface area contributed by atoms with Crippen LogP contribution in [0, 0.1) is 0 Å². The Balaban J connectivity index is 2.06. The molecule has 2 rings (SSSR count). The van der Waals surface area contributed by atoms with Gasteiger partial charge in [0.15, 0.2) is 23.0 Å². The quantitative estimate of drug-likeness (QED) is 0.666. The normalized spacial score (nSPS) is 10.3. The van der Waals surface area contributed by atoms with E-state index in [-0.39, 0.29) is 0 Å². The van der Waals surface area contributed by atoms with Gasteiger partial charge in [-0.1, -0.05) is 6.07 Å². The van der Waals surface area contributed by atoms with Crippen molar-refractivity contribution in [2.75, 3.05) is 35.5 Å². The van der Waals surface area contributed by atoms with Crippen molar-refractivity contribution in [3.05, 3.63) is 41.5 Å². The molecule has 6 heteroatoms. The first-order chi connectivity index (χ1) is 12.2. The Morgan fingerprint density at radius 1 is 0.600 bits per heavy atom. The molecular formula is C19H24O5S. The standard InChI is InChI=1S/C19H24O5S/c1-20-15-7-6-13(8-16(15)21-2)11-25-12-14-9-17(22-3)19(24-5)18(10-14)23-4/h6-10H,11-12H2,1-5H3.